The summed E-state index contributed by atoms with van der Waals surface area (Å²) in [7, 11) is 1.35. The second kappa shape index (κ2) is 3.35. The Hall–Kier alpha value is -0.700. The average molecular weight is 128 g/mol. The van der Waals surface area contributed by atoms with Crippen molar-refractivity contribution in [3.05, 3.63) is 0 Å². The molecule has 0 aliphatic rings. The first-order valence-corrected chi connectivity index (χ1v) is 2.48. The van der Waals surface area contributed by atoms with Crippen molar-refractivity contribution in [3.8, 4) is 0 Å². The van der Waals surface area contributed by atoms with Gasteiger partial charge in [0.05, 0.1) is 6.42 Å². The van der Waals surface area contributed by atoms with Crippen LogP contribution in [0.5, 0.6) is 0 Å². The molecular formula is C6H8O3. The van der Waals surface area contributed by atoms with Gasteiger partial charge in [-0.05, 0) is 6.92 Å². The third-order valence-electron chi connectivity index (χ3n) is 1.08. The molecule has 0 amide bonds. The van der Waals surface area contributed by atoms with Crippen molar-refractivity contribution in [1.82, 2.24) is 0 Å². The van der Waals surface area contributed by atoms with Gasteiger partial charge in [0.1, 0.15) is 5.60 Å². The summed E-state index contributed by atoms with van der Waals surface area (Å²) in [6.45, 7) is 1.48. The Labute approximate surface area is 54.0 Å². The first-order valence-electron chi connectivity index (χ1n) is 2.48. The average Bonchev–Trinajstić information content (AvgIpc) is 1.89. The minimum Gasteiger partial charge on any atom is -0.370 e. The summed E-state index contributed by atoms with van der Waals surface area (Å²) in [5.74, 6) is 0. The fourth-order valence-corrected chi connectivity index (χ4v) is 0.288. The van der Waals surface area contributed by atoms with Gasteiger partial charge in [-0.25, -0.2) is 0 Å². The van der Waals surface area contributed by atoms with Crippen molar-refractivity contribution in [1.29, 1.82) is 0 Å². The van der Waals surface area contributed by atoms with Crippen LogP contribution in [0, 0.1) is 0 Å². The zero-order valence-electron chi connectivity index (χ0n) is 5.43. The predicted octanol–water partition coefficient (Wildman–Crippen LogP) is 0.00100. The maximum Gasteiger partial charge on any atom is 0.233 e. The summed E-state index contributed by atoms with van der Waals surface area (Å²) in [6, 6.07) is 0. The molecule has 1 atom stereocenters. The van der Waals surface area contributed by atoms with E-state index in [1.54, 1.807) is 12.6 Å². The smallest absolute Gasteiger partial charge is 0.233 e. The Balaban J connectivity index is 3.90. The maximum absolute atomic E-state index is 10.0. The van der Waals surface area contributed by atoms with Crippen LogP contribution < -0.4 is 0 Å². The van der Waals surface area contributed by atoms with Gasteiger partial charge in [-0.2, -0.15) is 0 Å². The standard InChI is InChI=1S/C6H8O3/c1-6(5-8,9-2)3-4-7/h3H2,1-2H3. The minimum atomic E-state index is -1.10. The fraction of sp³-hybridized carbons (Fsp3) is 0.667. The van der Waals surface area contributed by atoms with Gasteiger partial charge in [0.2, 0.25) is 12.6 Å². The Morgan fingerprint density at radius 1 is 1.56 bits per heavy atom. The quantitative estimate of drug-likeness (QED) is 0.535. The summed E-state index contributed by atoms with van der Waals surface area (Å²) in [5, 5.41) is 0. The molecule has 0 aromatic carbocycles. The van der Waals surface area contributed by atoms with Gasteiger partial charge in [0.25, 0.3) is 0 Å². The highest BCUT2D eigenvalue weighted by Gasteiger charge is 2.23. The van der Waals surface area contributed by atoms with Gasteiger partial charge in [-0.15, -0.1) is 0 Å². The molecule has 2 radical (unpaired) electrons. The second-order valence-corrected chi connectivity index (χ2v) is 1.86. The minimum absolute atomic E-state index is 0.0625. The first kappa shape index (κ1) is 8.30. The summed E-state index contributed by atoms with van der Waals surface area (Å²) in [4.78, 5) is 19.8. The van der Waals surface area contributed by atoms with Crippen LogP contribution in [0.1, 0.15) is 13.3 Å². The van der Waals surface area contributed by atoms with Crippen LogP contribution in [-0.2, 0) is 14.3 Å². The first-order chi connectivity index (χ1) is 4.18. The molecule has 0 aliphatic carbocycles. The maximum atomic E-state index is 10.0. The molecule has 0 saturated carbocycles. The number of methoxy groups -OCH3 is 1. The molecule has 0 heterocycles. The molecule has 0 aromatic heterocycles. The largest absolute Gasteiger partial charge is 0.370 e. The summed E-state index contributed by atoms with van der Waals surface area (Å²) < 4.78 is 4.64. The summed E-state index contributed by atoms with van der Waals surface area (Å²) in [5.41, 5.74) is -1.10. The van der Waals surface area contributed by atoms with Crippen molar-refractivity contribution >= 4 is 12.6 Å². The highest BCUT2D eigenvalue weighted by molar-refractivity contribution is 5.69. The van der Waals surface area contributed by atoms with Gasteiger partial charge >= 0.3 is 0 Å². The molecular weight excluding hydrogens is 120 g/mol. The van der Waals surface area contributed by atoms with Gasteiger partial charge < -0.3 is 4.74 Å². The van der Waals surface area contributed by atoms with Crippen molar-refractivity contribution in [2.75, 3.05) is 7.11 Å². The van der Waals surface area contributed by atoms with E-state index in [1.165, 1.54) is 14.0 Å². The molecule has 0 rings (SSSR count). The Bertz CT molecular complexity index is 111. The van der Waals surface area contributed by atoms with Gasteiger partial charge in [0, 0.05) is 7.11 Å². The van der Waals surface area contributed by atoms with Crippen molar-refractivity contribution in [2.45, 2.75) is 18.9 Å². The zero-order chi connectivity index (χ0) is 7.33. The van der Waals surface area contributed by atoms with E-state index in [4.69, 9.17) is 0 Å². The van der Waals surface area contributed by atoms with E-state index in [9.17, 15) is 9.59 Å². The molecule has 0 N–H and O–H groups in total. The SMILES string of the molecule is COC(C)([C]=O)C[C]=O. The van der Waals surface area contributed by atoms with E-state index in [2.05, 4.69) is 4.74 Å². The van der Waals surface area contributed by atoms with E-state index in [0.29, 0.717) is 0 Å². The van der Waals surface area contributed by atoms with Gasteiger partial charge in [0.15, 0.2) is 0 Å². The molecule has 9 heavy (non-hydrogen) atoms. The topological polar surface area (TPSA) is 43.4 Å². The summed E-state index contributed by atoms with van der Waals surface area (Å²) >= 11 is 0. The molecule has 0 saturated heterocycles. The van der Waals surface area contributed by atoms with E-state index in [1.807, 2.05) is 0 Å². The van der Waals surface area contributed by atoms with Crippen LogP contribution in [0.3, 0.4) is 0 Å². The fourth-order valence-electron chi connectivity index (χ4n) is 0.288. The Morgan fingerprint density at radius 2 is 2.11 bits per heavy atom. The third-order valence-corrected chi connectivity index (χ3v) is 1.08. The Morgan fingerprint density at radius 3 is 2.22 bits per heavy atom. The van der Waals surface area contributed by atoms with E-state index >= 15 is 0 Å². The van der Waals surface area contributed by atoms with Gasteiger partial charge in [-0.1, -0.05) is 0 Å². The molecule has 0 fully saturated rings. The number of hydrogen-bond donors (Lipinski definition) is 0. The lowest BCUT2D eigenvalue weighted by Crippen LogP contribution is -2.29. The second-order valence-electron chi connectivity index (χ2n) is 1.86. The highest BCUT2D eigenvalue weighted by atomic mass is 16.5. The number of rotatable bonds is 4. The summed E-state index contributed by atoms with van der Waals surface area (Å²) in [6.07, 6.45) is 3.10. The lowest BCUT2D eigenvalue weighted by Gasteiger charge is -2.15. The van der Waals surface area contributed by atoms with Crippen molar-refractivity contribution in [3.63, 3.8) is 0 Å². The van der Waals surface area contributed by atoms with Gasteiger partial charge in [-0.3, -0.25) is 9.59 Å². The molecule has 1 unspecified atom stereocenters. The van der Waals surface area contributed by atoms with Crippen LogP contribution in [0.2, 0.25) is 0 Å². The molecule has 3 nitrogen and oxygen atoms in total. The Kier molecular flexibility index (Phi) is 3.09. The normalized spacial score (nSPS) is 16.2. The van der Waals surface area contributed by atoms with Crippen LogP contribution in [-0.4, -0.2) is 25.3 Å². The lowest BCUT2D eigenvalue weighted by atomic mass is 10.1. The number of ether oxygens (including phenoxy) is 1. The number of hydrogen-bond acceptors (Lipinski definition) is 3. The molecule has 50 valence electrons. The zero-order valence-corrected chi connectivity index (χ0v) is 5.43. The molecule has 0 bridgehead atoms. The molecule has 0 aliphatic heterocycles. The highest BCUT2D eigenvalue weighted by Crippen LogP contribution is 2.07. The monoisotopic (exact) mass is 128 g/mol. The van der Waals surface area contributed by atoms with E-state index in [0.717, 1.165) is 0 Å². The molecule has 3 heteroatoms. The van der Waals surface area contributed by atoms with Crippen molar-refractivity contribution < 1.29 is 14.3 Å². The number of carbonyl (C=O) groups excluding carboxylic acids is 2. The van der Waals surface area contributed by atoms with E-state index in [-0.39, 0.29) is 6.42 Å². The lowest BCUT2D eigenvalue weighted by molar-refractivity contribution is 0.0695. The van der Waals surface area contributed by atoms with E-state index < -0.39 is 5.60 Å². The van der Waals surface area contributed by atoms with Crippen LogP contribution in [0.4, 0.5) is 0 Å². The molecule has 0 aromatic rings. The molecule has 0 spiro atoms. The van der Waals surface area contributed by atoms with Crippen LogP contribution in [0.15, 0.2) is 0 Å². The third kappa shape index (κ3) is 2.37. The van der Waals surface area contributed by atoms with Crippen LogP contribution >= 0.6 is 0 Å². The predicted molar refractivity (Wildman–Crippen MR) is 31.4 cm³/mol. The van der Waals surface area contributed by atoms with Crippen LogP contribution in [0.25, 0.3) is 0 Å². The van der Waals surface area contributed by atoms with Crippen molar-refractivity contribution in [2.24, 2.45) is 0 Å².